The molecule has 3 N–H and O–H groups in total. The lowest BCUT2D eigenvalue weighted by Gasteiger charge is -2.21. The van der Waals surface area contributed by atoms with Crippen LogP contribution >= 0.6 is 0 Å². The fourth-order valence-corrected chi connectivity index (χ4v) is 0.662. The molecule has 0 spiro atoms. The highest BCUT2D eigenvalue weighted by atomic mass is 16.5. The smallest absolute Gasteiger partial charge is 0.407 e. The molecule has 0 bridgehead atoms. The number of hydrogen-bond donors (Lipinski definition) is 2. The number of alkyl carbamates (subject to hydrolysis) is 1. The van der Waals surface area contributed by atoms with Gasteiger partial charge in [-0.3, -0.25) is 4.79 Å². The summed E-state index contributed by atoms with van der Waals surface area (Å²) in [7, 11) is 0. The van der Waals surface area contributed by atoms with Crippen LogP contribution in [0, 0.1) is 0 Å². The third-order valence-electron chi connectivity index (χ3n) is 1.76. The Kier molecular flexibility index (Phi) is 4.97. The number of nitrogens with two attached hydrogens (primary N) is 1. The summed E-state index contributed by atoms with van der Waals surface area (Å²) in [5, 5.41) is 2.38. The number of carbonyl (C=O) groups excluding carboxylic acids is 2. The van der Waals surface area contributed by atoms with Gasteiger partial charge in [-0.25, -0.2) is 4.79 Å². The van der Waals surface area contributed by atoms with Gasteiger partial charge in [0.25, 0.3) is 0 Å². The van der Waals surface area contributed by atoms with E-state index < -0.39 is 17.5 Å². The summed E-state index contributed by atoms with van der Waals surface area (Å²) in [5.74, 6) is -0.593. The second kappa shape index (κ2) is 5.47. The molecule has 0 aliphatic carbocycles. The van der Waals surface area contributed by atoms with Crippen LogP contribution in [0.5, 0.6) is 0 Å². The first-order chi connectivity index (χ1) is 6.40. The van der Waals surface area contributed by atoms with Crippen LogP contribution in [-0.2, 0) is 9.53 Å². The Labute approximate surface area is 84.0 Å². The molecule has 0 radical (unpaired) electrons. The van der Waals surface area contributed by atoms with Gasteiger partial charge in [0.1, 0.15) is 5.54 Å². The summed E-state index contributed by atoms with van der Waals surface area (Å²) in [6.45, 7) is 5.40. The van der Waals surface area contributed by atoms with Crippen molar-refractivity contribution in [1.29, 1.82) is 0 Å². The van der Waals surface area contributed by atoms with Crippen LogP contribution in [0.25, 0.3) is 0 Å². The Balaban J connectivity index is 3.88. The summed E-state index contributed by atoms with van der Waals surface area (Å²) in [5.41, 5.74) is 4.00. The van der Waals surface area contributed by atoms with Gasteiger partial charge in [0.15, 0.2) is 0 Å². The zero-order valence-electron chi connectivity index (χ0n) is 8.92. The average Bonchev–Trinajstić information content (AvgIpc) is 2.03. The first-order valence-electron chi connectivity index (χ1n) is 4.65. The van der Waals surface area contributed by atoms with E-state index in [0.29, 0.717) is 6.61 Å². The monoisotopic (exact) mass is 202 g/mol. The highest BCUT2D eigenvalue weighted by Crippen LogP contribution is 2.01. The summed E-state index contributed by atoms with van der Waals surface area (Å²) in [4.78, 5) is 21.9. The third-order valence-corrected chi connectivity index (χ3v) is 1.76. The Bertz CT molecular complexity index is 214. The van der Waals surface area contributed by atoms with Gasteiger partial charge in [-0.05, 0) is 20.3 Å². The molecule has 2 amide bonds. The summed E-state index contributed by atoms with van der Waals surface area (Å²) in [6, 6.07) is 0. The van der Waals surface area contributed by atoms with Crippen molar-refractivity contribution in [2.45, 2.75) is 39.2 Å². The highest BCUT2D eigenvalue weighted by molar-refractivity contribution is 5.87. The van der Waals surface area contributed by atoms with Crippen LogP contribution in [0.3, 0.4) is 0 Å². The fraction of sp³-hybridized carbons (Fsp3) is 0.778. The molecular formula is C9H18N2O3. The van der Waals surface area contributed by atoms with Crippen LogP contribution < -0.4 is 11.1 Å². The first-order valence-corrected chi connectivity index (χ1v) is 4.65. The van der Waals surface area contributed by atoms with E-state index in [4.69, 9.17) is 10.5 Å². The van der Waals surface area contributed by atoms with Crippen molar-refractivity contribution in [2.24, 2.45) is 5.73 Å². The number of nitrogens with one attached hydrogen (secondary N) is 1. The topological polar surface area (TPSA) is 81.4 Å². The quantitative estimate of drug-likeness (QED) is 0.646. The van der Waals surface area contributed by atoms with Gasteiger partial charge >= 0.3 is 6.09 Å². The van der Waals surface area contributed by atoms with Crippen LogP contribution in [0.2, 0.25) is 0 Å². The van der Waals surface area contributed by atoms with E-state index in [9.17, 15) is 9.59 Å². The van der Waals surface area contributed by atoms with Gasteiger partial charge in [0.05, 0.1) is 6.61 Å². The van der Waals surface area contributed by atoms with Gasteiger partial charge in [0.2, 0.25) is 5.91 Å². The van der Waals surface area contributed by atoms with Crippen LogP contribution in [0.1, 0.15) is 33.6 Å². The fourth-order valence-electron chi connectivity index (χ4n) is 0.662. The Morgan fingerprint density at radius 3 is 2.43 bits per heavy atom. The molecule has 0 aromatic carbocycles. The average molecular weight is 202 g/mol. The van der Waals surface area contributed by atoms with E-state index in [2.05, 4.69) is 5.32 Å². The predicted molar refractivity (Wildman–Crippen MR) is 52.7 cm³/mol. The maximum absolute atomic E-state index is 11.1. The summed E-state index contributed by atoms with van der Waals surface area (Å²) < 4.78 is 4.81. The second-order valence-electron chi connectivity index (χ2n) is 3.60. The largest absolute Gasteiger partial charge is 0.450 e. The van der Waals surface area contributed by atoms with Crippen LogP contribution in [0.15, 0.2) is 0 Å². The standard InChI is InChI=1S/C9H18N2O3/c1-4-5-6-14-8(13)11-9(2,3)7(10)12/h4-6H2,1-3H3,(H2,10,12)(H,11,13). The molecule has 0 aliphatic rings. The number of ether oxygens (including phenoxy) is 1. The Morgan fingerprint density at radius 1 is 1.43 bits per heavy atom. The normalized spacial score (nSPS) is 10.8. The van der Waals surface area contributed by atoms with Crippen molar-refractivity contribution < 1.29 is 14.3 Å². The predicted octanol–water partition coefficient (Wildman–Crippen LogP) is 0.777. The van der Waals surface area contributed by atoms with E-state index in [1.165, 1.54) is 13.8 Å². The number of carbonyl (C=O) groups is 2. The van der Waals surface area contributed by atoms with Gasteiger partial charge in [0, 0.05) is 0 Å². The molecule has 5 heteroatoms. The minimum absolute atomic E-state index is 0.358. The van der Waals surface area contributed by atoms with E-state index in [1.807, 2.05) is 6.92 Å². The molecule has 82 valence electrons. The molecule has 5 nitrogen and oxygen atoms in total. The second-order valence-corrected chi connectivity index (χ2v) is 3.60. The molecule has 0 aliphatic heterocycles. The molecule has 0 unspecified atom stereocenters. The number of rotatable bonds is 5. The number of amides is 2. The van der Waals surface area contributed by atoms with Gasteiger partial charge in [-0.1, -0.05) is 13.3 Å². The van der Waals surface area contributed by atoms with E-state index in [1.54, 1.807) is 0 Å². The molecule has 0 saturated heterocycles. The maximum atomic E-state index is 11.1. The van der Waals surface area contributed by atoms with Gasteiger partial charge < -0.3 is 15.8 Å². The molecule has 0 rings (SSSR count). The molecule has 0 atom stereocenters. The summed E-state index contributed by atoms with van der Waals surface area (Å²) in [6.07, 6.45) is 1.15. The van der Waals surface area contributed by atoms with Crippen LogP contribution in [0.4, 0.5) is 4.79 Å². The molecule has 14 heavy (non-hydrogen) atoms. The van der Waals surface area contributed by atoms with Crippen molar-refractivity contribution in [3.05, 3.63) is 0 Å². The lowest BCUT2D eigenvalue weighted by Crippen LogP contribution is -2.53. The molecule has 0 heterocycles. The van der Waals surface area contributed by atoms with Gasteiger partial charge in [-0.2, -0.15) is 0 Å². The van der Waals surface area contributed by atoms with Crippen molar-refractivity contribution in [2.75, 3.05) is 6.61 Å². The van der Waals surface area contributed by atoms with Crippen molar-refractivity contribution >= 4 is 12.0 Å². The van der Waals surface area contributed by atoms with E-state index >= 15 is 0 Å². The lowest BCUT2D eigenvalue weighted by molar-refractivity contribution is -0.123. The van der Waals surface area contributed by atoms with Crippen LogP contribution in [-0.4, -0.2) is 24.1 Å². The number of hydrogen-bond acceptors (Lipinski definition) is 3. The Hall–Kier alpha value is -1.26. The highest BCUT2D eigenvalue weighted by Gasteiger charge is 2.27. The molecule has 0 aromatic rings. The van der Waals surface area contributed by atoms with Crippen molar-refractivity contribution in [3.63, 3.8) is 0 Å². The SMILES string of the molecule is CCCCOC(=O)NC(C)(C)C(N)=O. The van der Waals surface area contributed by atoms with Crippen molar-refractivity contribution in [3.8, 4) is 0 Å². The van der Waals surface area contributed by atoms with E-state index in [-0.39, 0.29) is 0 Å². The molecule has 0 saturated carbocycles. The maximum Gasteiger partial charge on any atom is 0.407 e. The van der Waals surface area contributed by atoms with Gasteiger partial charge in [-0.15, -0.1) is 0 Å². The molecular weight excluding hydrogens is 184 g/mol. The lowest BCUT2D eigenvalue weighted by atomic mass is 10.1. The number of unbranched alkanes of at least 4 members (excludes halogenated alkanes) is 1. The molecule has 0 aromatic heterocycles. The minimum Gasteiger partial charge on any atom is -0.450 e. The first kappa shape index (κ1) is 12.7. The minimum atomic E-state index is -1.07. The van der Waals surface area contributed by atoms with Crippen molar-refractivity contribution in [1.82, 2.24) is 5.32 Å². The zero-order chi connectivity index (χ0) is 11.2. The summed E-state index contributed by atoms with van der Waals surface area (Å²) >= 11 is 0. The number of primary amides is 1. The third kappa shape index (κ3) is 4.69. The Morgan fingerprint density at radius 2 is 2.00 bits per heavy atom. The molecule has 0 fully saturated rings. The zero-order valence-corrected chi connectivity index (χ0v) is 8.92. The van der Waals surface area contributed by atoms with E-state index in [0.717, 1.165) is 12.8 Å².